The van der Waals surface area contributed by atoms with Crippen molar-refractivity contribution >= 4 is 10.9 Å². The van der Waals surface area contributed by atoms with E-state index in [1.807, 2.05) is 30.5 Å². The van der Waals surface area contributed by atoms with E-state index in [-0.39, 0.29) is 12.0 Å². The van der Waals surface area contributed by atoms with Gasteiger partial charge >= 0.3 is 0 Å². The van der Waals surface area contributed by atoms with Gasteiger partial charge < -0.3 is 10.1 Å². The van der Waals surface area contributed by atoms with Crippen molar-refractivity contribution in [3.63, 3.8) is 0 Å². The molecule has 0 radical (unpaired) electrons. The molecule has 92 valence electrons. The summed E-state index contributed by atoms with van der Waals surface area (Å²) in [5, 5.41) is 11.6. The number of aromatic amines is 1. The van der Waals surface area contributed by atoms with Gasteiger partial charge in [0.25, 0.3) is 0 Å². The molecule has 0 amide bonds. The highest BCUT2D eigenvalue weighted by Gasteiger charge is 2.19. The topological polar surface area (TPSA) is 36.0 Å². The Labute approximate surface area is 103 Å². The average Bonchev–Trinajstić information content (AvgIpc) is 2.74. The van der Waals surface area contributed by atoms with Crippen LogP contribution in [0, 0.1) is 11.8 Å². The van der Waals surface area contributed by atoms with Crippen molar-refractivity contribution in [3.8, 4) is 0 Å². The first-order chi connectivity index (χ1) is 8.09. The fraction of sp³-hybridized carbons (Fsp3) is 0.467. The Morgan fingerprint density at radius 3 is 2.65 bits per heavy atom. The zero-order valence-corrected chi connectivity index (χ0v) is 10.8. The van der Waals surface area contributed by atoms with Gasteiger partial charge in [-0.2, -0.15) is 0 Å². The number of fused-ring (bicyclic) bond motifs is 1. The fourth-order valence-corrected chi connectivity index (χ4v) is 2.55. The summed E-state index contributed by atoms with van der Waals surface area (Å²) in [6.45, 7) is 6.51. The maximum absolute atomic E-state index is 10.4. The van der Waals surface area contributed by atoms with Crippen LogP contribution in [0.3, 0.4) is 0 Å². The van der Waals surface area contributed by atoms with Gasteiger partial charge in [0.05, 0.1) is 6.10 Å². The molecule has 0 aliphatic rings. The van der Waals surface area contributed by atoms with Crippen LogP contribution < -0.4 is 0 Å². The van der Waals surface area contributed by atoms with Gasteiger partial charge in [0, 0.05) is 17.1 Å². The summed E-state index contributed by atoms with van der Waals surface area (Å²) < 4.78 is 0. The second kappa shape index (κ2) is 4.92. The third kappa shape index (κ3) is 2.52. The molecule has 1 aromatic carbocycles. The normalized spacial score (nSPS) is 15.4. The van der Waals surface area contributed by atoms with Gasteiger partial charge in [-0.15, -0.1) is 0 Å². The van der Waals surface area contributed by atoms with Crippen molar-refractivity contribution in [2.24, 2.45) is 11.8 Å². The van der Waals surface area contributed by atoms with Gasteiger partial charge in [0.15, 0.2) is 0 Å². The minimum atomic E-state index is -0.378. The molecule has 1 heterocycles. The number of hydrogen-bond acceptors (Lipinski definition) is 1. The standard InChI is InChI=1S/C15H21NO/c1-10(2)9-11(3)15(17)13-5-4-6-14-12(13)7-8-16-14/h4-8,10-11,15-17H,9H2,1-3H3. The smallest absolute Gasteiger partial charge is 0.0822 e. The number of H-pyrrole nitrogens is 1. The molecule has 1 aromatic heterocycles. The van der Waals surface area contributed by atoms with E-state index in [4.69, 9.17) is 0 Å². The molecule has 2 atom stereocenters. The van der Waals surface area contributed by atoms with Crippen LogP contribution in [0.5, 0.6) is 0 Å². The summed E-state index contributed by atoms with van der Waals surface area (Å²) in [4.78, 5) is 3.18. The lowest BCUT2D eigenvalue weighted by Crippen LogP contribution is -2.11. The second-order valence-corrected chi connectivity index (χ2v) is 5.34. The van der Waals surface area contributed by atoms with Crippen molar-refractivity contribution in [3.05, 3.63) is 36.0 Å². The molecule has 2 N–H and O–H groups in total. The largest absolute Gasteiger partial charge is 0.388 e. The number of hydrogen-bond donors (Lipinski definition) is 2. The second-order valence-electron chi connectivity index (χ2n) is 5.34. The third-order valence-corrected chi connectivity index (χ3v) is 3.33. The van der Waals surface area contributed by atoms with E-state index in [2.05, 4.69) is 25.8 Å². The molecule has 0 aliphatic carbocycles. The molecule has 0 fully saturated rings. The van der Waals surface area contributed by atoms with Crippen LogP contribution in [-0.4, -0.2) is 10.1 Å². The van der Waals surface area contributed by atoms with Gasteiger partial charge in [-0.1, -0.05) is 32.9 Å². The van der Waals surface area contributed by atoms with E-state index < -0.39 is 0 Å². The quantitative estimate of drug-likeness (QED) is 0.823. The Hall–Kier alpha value is -1.28. The zero-order chi connectivity index (χ0) is 12.4. The molecule has 2 heteroatoms. The van der Waals surface area contributed by atoms with Crippen LogP contribution in [0.4, 0.5) is 0 Å². The number of nitrogens with one attached hydrogen (secondary N) is 1. The van der Waals surface area contributed by atoms with Crippen molar-refractivity contribution in [2.45, 2.75) is 33.3 Å². The first kappa shape index (κ1) is 12.2. The minimum absolute atomic E-state index is 0.287. The molecule has 2 aromatic rings. The average molecular weight is 231 g/mol. The molecule has 0 spiro atoms. The highest BCUT2D eigenvalue weighted by Crippen LogP contribution is 2.31. The predicted molar refractivity (Wildman–Crippen MR) is 71.9 cm³/mol. The van der Waals surface area contributed by atoms with Crippen molar-refractivity contribution < 1.29 is 5.11 Å². The summed E-state index contributed by atoms with van der Waals surface area (Å²) in [7, 11) is 0. The molecule has 0 bridgehead atoms. The predicted octanol–water partition coefficient (Wildman–Crippen LogP) is 3.88. The van der Waals surface area contributed by atoms with Crippen molar-refractivity contribution in [1.29, 1.82) is 0 Å². The number of aromatic nitrogens is 1. The van der Waals surface area contributed by atoms with Gasteiger partial charge in [0.2, 0.25) is 0 Å². The lowest BCUT2D eigenvalue weighted by molar-refractivity contribution is 0.106. The molecular formula is C15H21NO. The highest BCUT2D eigenvalue weighted by molar-refractivity contribution is 5.83. The molecule has 2 rings (SSSR count). The Kier molecular flexibility index (Phi) is 3.53. The molecule has 0 saturated heterocycles. The fourth-order valence-electron chi connectivity index (χ4n) is 2.55. The van der Waals surface area contributed by atoms with Crippen LogP contribution in [0.2, 0.25) is 0 Å². The van der Waals surface area contributed by atoms with Gasteiger partial charge in [-0.3, -0.25) is 0 Å². The summed E-state index contributed by atoms with van der Waals surface area (Å²) in [6.07, 6.45) is 2.59. The van der Waals surface area contributed by atoms with E-state index in [0.717, 1.165) is 22.9 Å². The third-order valence-electron chi connectivity index (χ3n) is 3.33. The van der Waals surface area contributed by atoms with E-state index >= 15 is 0 Å². The maximum Gasteiger partial charge on any atom is 0.0822 e. The first-order valence-corrected chi connectivity index (χ1v) is 6.33. The zero-order valence-electron chi connectivity index (χ0n) is 10.8. The molecular weight excluding hydrogens is 210 g/mol. The summed E-state index contributed by atoms with van der Waals surface area (Å²) in [5.74, 6) is 0.903. The summed E-state index contributed by atoms with van der Waals surface area (Å²) in [5.41, 5.74) is 2.13. The Bertz CT molecular complexity index is 486. The Morgan fingerprint density at radius 2 is 1.94 bits per heavy atom. The van der Waals surface area contributed by atoms with Gasteiger partial charge in [-0.25, -0.2) is 0 Å². The molecule has 2 unspecified atom stereocenters. The van der Waals surface area contributed by atoms with Crippen molar-refractivity contribution in [1.82, 2.24) is 4.98 Å². The summed E-state index contributed by atoms with van der Waals surface area (Å²) >= 11 is 0. The van der Waals surface area contributed by atoms with Crippen LogP contribution in [0.15, 0.2) is 30.5 Å². The molecule has 0 aliphatic heterocycles. The van der Waals surface area contributed by atoms with Crippen LogP contribution >= 0.6 is 0 Å². The van der Waals surface area contributed by atoms with E-state index in [9.17, 15) is 5.11 Å². The lowest BCUT2D eigenvalue weighted by Gasteiger charge is -2.21. The number of rotatable bonds is 4. The van der Waals surface area contributed by atoms with E-state index in [1.165, 1.54) is 0 Å². The van der Waals surface area contributed by atoms with Gasteiger partial charge in [0.1, 0.15) is 0 Å². The maximum atomic E-state index is 10.4. The van der Waals surface area contributed by atoms with Crippen molar-refractivity contribution in [2.75, 3.05) is 0 Å². The number of aliphatic hydroxyl groups excluding tert-OH is 1. The summed E-state index contributed by atoms with van der Waals surface area (Å²) in [6, 6.07) is 8.10. The van der Waals surface area contributed by atoms with Crippen LogP contribution in [-0.2, 0) is 0 Å². The van der Waals surface area contributed by atoms with Crippen LogP contribution in [0.25, 0.3) is 10.9 Å². The Morgan fingerprint density at radius 1 is 1.18 bits per heavy atom. The Balaban J connectivity index is 2.29. The SMILES string of the molecule is CC(C)CC(C)C(O)c1cccc2[nH]ccc12. The monoisotopic (exact) mass is 231 g/mol. The first-order valence-electron chi connectivity index (χ1n) is 6.33. The number of benzene rings is 1. The van der Waals surface area contributed by atoms with Crippen LogP contribution in [0.1, 0.15) is 38.9 Å². The lowest BCUT2D eigenvalue weighted by atomic mass is 9.89. The molecule has 0 saturated carbocycles. The number of aliphatic hydroxyl groups is 1. The minimum Gasteiger partial charge on any atom is -0.388 e. The van der Waals surface area contributed by atoms with Gasteiger partial charge in [-0.05, 0) is 36.0 Å². The molecule has 2 nitrogen and oxygen atoms in total. The van der Waals surface area contributed by atoms with E-state index in [0.29, 0.717) is 5.92 Å². The molecule has 17 heavy (non-hydrogen) atoms. The highest BCUT2D eigenvalue weighted by atomic mass is 16.3. The van der Waals surface area contributed by atoms with E-state index in [1.54, 1.807) is 0 Å².